The van der Waals surface area contributed by atoms with Gasteiger partial charge in [0.1, 0.15) is 9.84 Å². The van der Waals surface area contributed by atoms with E-state index in [2.05, 4.69) is 18.7 Å². The fourth-order valence-corrected chi connectivity index (χ4v) is 2.36. The van der Waals surface area contributed by atoms with Gasteiger partial charge in [-0.3, -0.25) is 4.90 Å². The van der Waals surface area contributed by atoms with Crippen molar-refractivity contribution in [3.05, 3.63) is 0 Å². The molecule has 0 spiro atoms. The van der Waals surface area contributed by atoms with Crippen molar-refractivity contribution in [1.82, 2.24) is 4.90 Å². The van der Waals surface area contributed by atoms with E-state index in [1.807, 2.05) is 7.05 Å². The second-order valence-corrected chi connectivity index (χ2v) is 7.04. The monoisotopic (exact) mass is 250 g/mol. The molecule has 0 bridgehead atoms. The lowest BCUT2D eigenvalue weighted by Crippen LogP contribution is -2.49. The third-order valence-corrected chi connectivity index (χ3v) is 5.30. The third kappa shape index (κ3) is 4.80. The quantitative estimate of drug-likeness (QED) is 0.694. The molecule has 0 radical (unpaired) electrons. The number of hydrogen-bond acceptors (Lipinski definition) is 4. The van der Waals surface area contributed by atoms with Crippen molar-refractivity contribution in [3.8, 4) is 0 Å². The van der Waals surface area contributed by atoms with E-state index in [4.69, 9.17) is 5.73 Å². The lowest BCUT2D eigenvalue weighted by Gasteiger charge is -2.37. The van der Waals surface area contributed by atoms with Crippen LogP contribution in [0.25, 0.3) is 0 Å². The fourth-order valence-electron chi connectivity index (χ4n) is 1.51. The van der Waals surface area contributed by atoms with Gasteiger partial charge in [-0.05, 0) is 33.4 Å². The summed E-state index contributed by atoms with van der Waals surface area (Å²) in [6, 6.07) is 0. The zero-order chi connectivity index (χ0) is 12.8. The first-order valence-corrected chi connectivity index (χ1v) is 7.75. The molecule has 0 fully saturated rings. The van der Waals surface area contributed by atoms with Gasteiger partial charge < -0.3 is 5.73 Å². The minimum atomic E-state index is -2.83. The van der Waals surface area contributed by atoms with Crippen LogP contribution in [0.1, 0.15) is 33.6 Å². The normalized spacial score (nSPS) is 16.4. The van der Waals surface area contributed by atoms with Gasteiger partial charge >= 0.3 is 0 Å². The van der Waals surface area contributed by atoms with Gasteiger partial charge in [0.2, 0.25) is 0 Å². The first kappa shape index (κ1) is 15.9. The number of likely N-dealkylation sites (N-methyl/N-ethyl adjacent to an activating group) is 1. The van der Waals surface area contributed by atoms with Gasteiger partial charge in [0, 0.05) is 17.8 Å². The van der Waals surface area contributed by atoms with E-state index in [1.54, 1.807) is 6.92 Å². The van der Waals surface area contributed by atoms with E-state index < -0.39 is 9.84 Å². The largest absolute Gasteiger partial charge is 0.329 e. The van der Waals surface area contributed by atoms with Crippen LogP contribution >= 0.6 is 0 Å². The Morgan fingerprint density at radius 1 is 1.31 bits per heavy atom. The van der Waals surface area contributed by atoms with Crippen molar-refractivity contribution in [3.63, 3.8) is 0 Å². The predicted molar refractivity (Wildman–Crippen MR) is 69.3 cm³/mol. The highest BCUT2D eigenvalue weighted by Crippen LogP contribution is 2.16. The first-order chi connectivity index (χ1) is 7.31. The third-order valence-electron chi connectivity index (χ3n) is 3.51. The standard InChI is InChI=1S/C11H26N2O2S/c1-5-11(3,10-12)13(4)8-7-9-16(14,15)6-2/h5-10,12H2,1-4H3. The van der Waals surface area contributed by atoms with E-state index in [9.17, 15) is 8.42 Å². The molecule has 1 atom stereocenters. The summed E-state index contributed by atoms with van der Waals surface area (Å²) in [4.78, 5) is 2.16. The molecule has 0 aliphatic rings. The average molecular weight is 250 g/mol. The Balaban J connectivity index is 4.13. The highest BCUT2D eigenvalue weighted by atomic mass is 32.2. The Hall–Kier alpha value is -0.130. The Morgan fingerprint density at radius 3 is 2.25 bits per heavy atom. The van der Waals surface area contributed by atoms with E-state index in [0.29, 0.717) is 13.0 Å². The number of nitrogens with zero attached hydrogens (tertiary/aromatic N) is 1. The van der Waals surface area contributed by atoms with Crippen molar-refractivity contribution < 1.29 is 8.42 Å². The molecule has 0 saturated carbocycles. The van der Waals surface area contributed by atoms with E-state index in [0.717, 1.165) is 13.0 Å². The predicted octanol–water partition coefficient (Wildman–Crippen LogP) is 0.870. The van der Waals surface area contributed by atoms with E-state index >= 15 is 0 Å². The minimum absolute atomic E-state index is 0.0179. The molecule has 0 aromatic carbocycles. The Kier molecular flexibility index (Phi) is 6.51. The molecule has 0 aromatic rings. The van der Waals surface area contributed by atoms with Crippen LogP contribution in [0.3, 0.4) is 0 Å². The van der Waals surface area contributed by atoms with Gasteiger partial charge in [0.05, 0.1) is 5.75 Å². The molecule has 2 N–H and O–H groups in total. The summed E-state index contributed by atoms with van der Waals surface area (Å²) in [5.41, 5.74) is 5.72. The van der Waals surface area contributed by atoms with E-state index in [-0.39, 0.29) is 17.0 Å². The average Bonchev–Trinajstić information content (AvgIpc) is 2.27. The van der Waals surface area contributed by atoms with Crippen molar-refractivity contribution in [1.29, 1.82) is 0 Å². The molecule has 0 aliphatic heterocycles. The molecular formula is C11H26N2O2S. The zero-order valence-corrected chi connectivity index (χ0v) is 11.8. The van der Waals surface area contributed by atoms with Gasteiger partial charge in [-0.25, -0.2) is 8.42 Å². The SMILES string of the molecule is CCC(C)(CN)N(C)CCCS(=O)(=O)CC. The maximum atomic E-state index is 11.3. The molecule has 1 unspecified atom stereocenters. The molecule has 0 rings (SSSR count). The Bertz CT molecular complexity index is 284. The number of sulfone groups is 1. The number of nitrogens with two attached hydrogens (primary N) is 1. The van der Waals surface area contributed by atoms with Crippen molar-refractivity contribution in [2.24, 2.45) is 5.73 Å². The van der Waals surface area contributed by atoms with Gasteiger partial charge in [-0.1, -0.05) is 13.8 Å². The Morgan fingerprint density at radius 2 is 1.88 bits per heavy atom. The summed E-state index contributed by atoms with van der Waals surface area (Å²) in [5, 5.41) is 0. The summed E-state index contributed by atoms with van der Waals surface area (Å²) in [6.07, 6.45) is 1.66. The topological polar surface area (TPSA) is 63.4 Å². The van der Waals surface area contributed by atoms with Gasteiger partial charge in [-0.15, -0.1) is 0 Å². The summed E-state index contributed by atoms with van der Waals surface area (Å²) in [7, 11) is -0.823. The lowest BCUT2D eigenvalue weighted by molar-refractivity contribution is 0.140. The highest BCUT2D eigenvalue weighted by molar-refractivity contribution is 7.91. The van der Waals surface area contributed by atoms with Crippen molar-refractivity contribution >= 4 is 9.84 Å². The molecule has 4 nitrogen and oxygen atoms in total. The van der Waals surface area contributed by atoms with Gasteiger partial charge in [0.25, 0.3) is 0 Å². The van der Waals surface area contributed by atoms with Crippen LogP contribution in [-0.2, 0) is 9.84 Å². The summed E-state index contributed by atoms with van der Waals surface area (Å²) >= 11 is 0. The maximum Gasteiger partial charge on any atom is 0.150 e. The second-order valence-electron chi connectivity index (χ2n) is 4.57. The van der Waals surface area contributed by atoms with Crippen LogP contribution in [-0.4, -0.2) is 50.5 Å². The van der Waals surface area contributed by atoms with E-state index in [1.165, 1.54) is 0 Å². The highest BCUT2D eigenvalue weighted by Gasteiger charge is 2.25. The van der Waals surface area contributed by atoms with Gasteiger partial charge in [0.15, 0.2) is 0 Å². The second kappa shape index (κ2) is 6.57. The Labute approximate surface area is 100 Å². The lowest BCUT2D eigenvalue weighted by atomic mass is 9.97. The number of rotatable bonds is 8. The summed E-state index contributed by atoms with van der Waals surface area (Å²) in [5.74, 6) is 0.511. The molecule has 0 aromatic heterocycles. The van der Waals surface area contributed by atoms with Crippen LogP contribution in [0.4, 0.5) is 0 Å². The molecule has 0 saturated heterocycles. The first-order valence-electron chi connectivity index (χ1n) is 5.93. The van der Waals surface area contributed by atoms with Crippen LogP contribution in [0.2, 0.25) is 0 Å². The zero-order valence-electron chi connectivity index (χ0n) is 11.0. The van der Waals surface area contributed by atoms with Crippen molar-refractivity contribution in [2.75, 3.05) is 31.6 Å². The molecule has 5 heteroatoms. The molecule has 0 aliphatic carbocycles. The van der Waals surface area contributed by atoms with Crippen LogP contribution in [0, 0.1) is 0 Å². The molecule has 98 valence electrons. The van der Waals surface area contributed by atoms with Crippen LogP contribution < -0.4 is 5.73 Å². The smallest absolute Gasteiger partial charge is 0.150 e. The van der Waals surface area contributed by atoms with Gasteiger partial charge in [-0.2, -0.15) is 0 Å². The molecule has 16 heavy (non-hydrogen) atoms. The molecule has 0 amide bonds. The molecular weight excluding hydrogens is 224 g/mol. The van der Waals surface area contributed by atoms with Crippen LogP contribution in [0.5, 0.6) is 0 Å². The van der Waals surface area contributed by atoms with Crippen LogP contribution in [0.15, 0.2) is 0 Å². The van der Waals surface area contributed by atoms with Crippen molar-refractivity contribution in [2.45, 2.75) is 39.2 Å². The maximum absolute atomic E-state index is 11.3. The molecule has 0 heterocycles. The summed E-state index contributed by atoms with van der Waals surface area (Å²) in [6.45, 7) is 7.28. The fraction of sp³-hybridized carbons (Fsp3) is 1.00. The number of hydrogen-bond donors (Lipinski definition) is 1. The summed E-state index contributed by atoms with van der Waals surface area (Å²) < 4.78 is 22.7. The minimum Gasteiger partial charge on any atom is -0.329 e.